The maximum atomic E-state index is 6.97. The van der Waals surface area contributed by atoms with Gasteiger partial charge in [-0.3, -0.25) is 4.57 Å². The predicted octanol–water partition coefficient (Wildman–Crippen LogP) is 13.0. The SMILES string of the molecule is c1ccc(-c2nc(-n3c4ccccc4c4ccccc43)nc3c2Cc2ccc4c5cc6ccccc6cc5n(c4c2)-c2c-3ccc3c2oc2ccccc23)cc1. The van der Waals surface area contributed by atoms with Gasteiger partial charge >= 0.3 is 0 Å². The van der Waals surface area contributed by atoms with Crippen molar-refractivity contribution in [1.29, 1.82) is 0 Å². The first-order chi connectivity index (χ1) is 27.8. The number of hydrogen-bond donors (Lipinski definition) is 0. The van der Waals surface area contributed by atoms with Crippen LogP contribution in [-0.2, 0) is 6.42 Å². The summed E-state index contributed by atoms with van der Waals surface area (Å²) < 4.78 is 11.7. The van der Waals surface area contributed by atoms with Crippen LogP contribution in [0.2, 0.25) is 0 Å². The Hall–Kier alpha value is -7.50. The molecule has 0 aliphatic carbocycles. The van der Waals surface area contributed by atoms with E-state index in [1.165, 1.54) is 37.9 Å². The van der Waals surface area contributed by atoms with Gasteiger partial charge in [-0.2, -0.15) is 0 Å². The predicted molar refractivity (Wildman–Crippen MR) is 229 cm³/mol. The summed E-state index contributed by atoms with van der Waals surface area (Å²) in [6, 6.07) is 60.9. The number of nitrogens with zero attached hydrogens (tertiary/aromatic N) is 4. The first-order valence-corrected chi connectivity index (χ1v) is 19.1. The number of rotatable bonds is 2. The highest BCUT2D eigenvalue weighted by Crippen LogP contribution is 2.46. The molecule has 12 aromatic rings. The molecule has 0 amide bonds. The van der Waals surface area contributed by atoms with Crippen molar-refractivity contribution in [2.45, 2.75) is 6.42 Å². The summed E-state index contributed by atoms with van der Waals surface area (Å²) in [5, 5.41) is 9.35. The lowest BCUT2D eigenvalue weighted by Crippen LogP contribution is -2.09. The topological polar surface area (TPSA) is 48.8 Å². The molecule has 0 spiro atoms. The highest BCUT2D eigenvalue weighted by Gasteiger charge is 2.29. The smallest absolute Gasteiger partial charge is 0.235 e. The van der Waals surface area contributed by atoms with Crippen molar-refractivity contribution >= 4 is 76.3 Å². The van der Waals surface area contributed by atoms with E-state index in [2.05, 4.69) is 173 Å². The van der Waals surface area contributed by atoms with Crippen LogP contribution in [0.25, 0.3) is 110 Å². The van der Waals surface area contributed by atoms with Crippen molar-refractivity contribution in [1.82, 2.24) is 19.1 Å². The zero-order valence-corrected chi connectivity index (χ0v) is 30.1. The number of aromatic nitrogens is 4. The molecule has 5 heterocycles. The largest absolute Gasteiger partial charge is 0.454 e. The quantitative estimate of drug-likeness (QED) is 0.179. The molecule has 8 aromatic carbocycles. The van der Waals surface area contributed by atoms with Gasteiger partial charge in [0, 0.05) is 55.4 Å². The summed E-state index contributed by atoms with van der Waals surface area (Å²) in [5.74, 6) is 0.634. The number of para-hydroxylation sites is 3. The fraction of sp³-hybridized carbons (Fsp3) is 0.0196. The third kappa shape index (κ3) is 4.03. The Morgan fingerprint density at radius 3 is 1.88 bits per heavy atom. The van der Waals surface area contributed by atoms with Crippen LogP contribution >= 0.6 is 0 Å². The highest BCUT2D eigenvalue weighted by atomic mass is 16.3. The molecule has 0 N–H and O–H groups in total. The van der Waals surface area contributed by atoms with Crippen molar-refractivity contribution in [2.24, 2.45) is 0 Å². The van der Waals surface area contributed by atoms with E-state index in [4.69, 9.17) is 14.4 Å². The number of benzene rings is 8. The van der Waals surface area contributed by atoms with Crippen LogP contribution in [0.1, 0.15) is 11.1 Å². The van der Waals surface area contributed by atoms with E-state index in [-0.39, 0.29) is 0 Å². The number of furan rings is 1. The van der Waals surface area contributed by atoms with E-state index in [1.54, 1.807) is 0 Å². The van der Waals surface area contributed by atoms with Crippen LogP contribution in [0.15, 0.2) is 174 Å². The Morgan fingerprint density at radius 2 is 1.07 bits per heavy atom. The number of fused-ring (bicyclic) bond motifs is 16. The van der Waals surface area contributed by atoms with Gasteiger partial charge in [-0.1, -0.05) is 121 Å². The van der Waals surface area contributed by atoms with Crippen LogP contribution in [0.3, 0.4) is 0 Å². The number of hydrogen-bond acceptors (Lipinski definition) is 3. The molecular formula is C51H30N4O. The average Bonchev–Trinajstić information content (AvgIpc) is 3.90. The minimum atomic E-state index is 0.634. The van der Waals surface area contributed by atoms with Gasteiger partial charge in [-0.15, -0.1) is 0 Å². The lowest BCUT2D eigenvalue weighted by atomic mass is 9.93. The minimum Gasteiger partial charge on any atom is -0.454 e. The van der Waals surface area contributed by atoms with Gasteiger partial charge in [0.15, 0.2) is 5.58 Å². The summed E-state index contributed by atoms with van der Waals surface area (Å²) in [4.78, 5) is 11.3. The summed E-state index contributed by atoms with van der Waals surface area (Å²) >= 11 is 0. The van der Waals surface area contributed by atoms with Gasteiger partial charge in [-0.05, 0) is 64.9 Å². The molecular weight excluding hydrogens is 685 g/mol. The van der Waals surface area contributed by atoms with Crippen LogP contribution in [0.5, 0.6) is 0 Å². The second kappa shape index (κ2) is 11.0. The zero-order valence-electron chi connectivity index (χ0n) is 30.1. The van der Waals surface area contributed by atoms with Gasteiger partial charge in [0.05, 0.1) is 39.1 Å². The molecule has 4 aromatic heterocycles. The molecule has 0 saturated carbocycles. The van der Waals surface area contributed by atoms with Crippen molar-refractivity contribution < 1.29 is 4.42 Å². The van der Waals surface area contributed by atoms with E-state index < -0.39 is 0 Å². The maximum Gasteiger partial charge on any atom is 0.235 e. The Balaban J connectivity index is 1.24. The summed E-state index contributed by atoms with van der Waals surface area (Å²) in [7, 11) is 0. The van der Waals surface area contributed by atoms with Gasteiger partial charge in [0.2, 0.25) is 5.95 Å². The first-order valence-electron chi connectivity index (χ1n) is 19.1. The second-order valence-electron chi connectivity index (χ2n) is 15.0. The van der Waals surface area contributed by atoms with E-state index in [1.807, 2.05) is 6.07 Å². The summed E-state index contributed by atoms with van der Waals surface area (Å²) in [5.41, 5.74) is 13.3. The van der Waals surface area contributed by atoms with Gasteiger partial charge in [-0.25, -0.2) is 9.97 Å². The van der Waals surface area contributed by atoms with Crippen molar-refractivity contribution in [3.05, 3.63) is 181 Å². The third-order valence-electron chi connectivity index (χ3n) is 11.9. The second-order valence-corrected chi connectivity index (χ2v) is 15.0. The lowest BCUT2D eigenvalue weighted by Gasteiger charge is -2.19. The molecule has 5 nitrogen and oxygen atoms in total. The molecule has 13 rings (SSSR count). The fourth-order valence-electron chi connectivity index (χ4n) is 9.43. The van der Waals surface area contributed by atoms with E-state index in [0.717, 1.165) is 77.8 Å². The standard InChI is InChI=1S/C51H30N4O/c1-2-12-31(13-3-1)47-41-26-30-22-23-36-40-28-32-14-4-5-15-33(32)29-45(40)54(44(36)27-30)49-39(25-24-38-37-18-8-11-21-46(37)56-50(38)49)48(41)53-51(52-47)55-42-19-9-6-16-34(42)35-17-7-10-20-43(35)55/h1-25,27-29H,26H2. The normalized spacial score (nSPS) is 12.6. The highest BCUT2D eigenvalue weighted by molar-refractivity contribution is 6.17. The van der Waals surface area contributed by atoms with Gasteiger partial charge < -0.3 is 8.98 Å². The van der Waals surface area contributed by atoms with E-state index in [0.29, 0.717) is 12.4 Å². The monoisotopic (exact) mass is 714 g/mol. The van der Waals surface area contributed by atoms with Crippen LogP contribution in [-0.4, -0.2) is 19.1 Å². The molecule has 5 heteroatoms. The minimum absolute atomic E-state index is 0.634. The van der Waals surface area contributed by atoms with Gasteiger partial charge in [0.25, 0.3) is 0 Å². The van der Waals surface area contributed by atoms with Crippen LogP contribution in [0, 0.1) is 0 Å². The molecule has 0 unspecified atom stereocenters. The molecule has 1 aliphatic rings. The van der Waals surface area contributed by atoms with Crippen LogP contribution in [0.4, 0.5) is 0 Å². The van der Waals surface area contributed by atoms with Crippen LogP contribution < -0.4 is 0 Å². The Morgan fingerprint density at radius 1 is 0.446 bits per heavy atom. The molecule has 2 bridgehead atoms. The summed E-state index contributed by atoms with van der Waals surface area (Å²) in [6.45, 7) is 0. The van der Waals surface area contributed by atoms with Crippen molar-refractivity contribution in [2.75, 3.05) is 0 Å². The average molecular weight is 715 g/mol. The Bertz CT molecular complexity index is 3570. The maximum absolute atomic E-state index is 6.97. The molecule has 0 atom stereocenters. The summed E-state index contributed by atoms with van der Waals surface area (Å²) in [6.07, 6.45) is 0.657. The van der Waals surface area contributed by atoms with E-state index in [9.17, 15) is 0 Å². The Kier molecular flexibility index (Phi) is 5.89. The van der Waals surface area contributed by atoms with Crippen molar-refractivity contribution in [3.8, 4) is 34.2 Å². The van der Waals surface area contributed by atoms with Crippen molar-refractivity contribution in [3.63, 3.8) is 0 Å². The Labute approximate surface area is 320 Å². The lowest BCUT2D eigenvalue weighted by molar-refractivity contribution is 0.666. The molecule has 0 saturated heterocycles. The third-order valence-corrected chi connectivity index (χ3v) is 11.9. The molecule has 56 heavy (non-hydrogen) atoms. The fourth-order valence-corrected chi connectivity index (χ4v) is 9.43. The molecule has 0 fully saturated rings. The molecule has 1 aliphatic heterocycles. The zero-order chi connectivity index (χ0) is 36.5. The first kappa shape index (κ1) is 29.9. The van der Waals surface area contributed by atoms with Gasteiger partial charge in [0.1, 0.15) is 5.58 Å². The van der Waals surface area contributed by atoms with E-state index >= 15 is 0 Å². The molecule has 260 valence electrons. The molecule has 0 radical (unpaired) electrons.